The molecule has 1 aromatic rings. The number of aryl methyl sites for hydroxylation is 1. The lowest BCUT2D eigenvalue weighted by Gasteiger charge is -1.91. The van der Waals surface area contributed by atoms with Crippen LogP contribution in [0.4, 0.5) is 0 Å². The Morgan fingerprint density at radius 2 is 2.45 bits per heavy atom. The second-order valence-electron chi connectivity index (χ2n) is 2.31. The topological polar surface area (TPSA) is 42.9 Å². The van der Waals surface area contributed by atoms with E-state index in [1.807, 2.05) is 0 Å². The van der Waals surface area contributed by atoms with Crippen molar-refractivity contribution in [2.24, 2.45) is 0 Å². The number of hydrogen-bond donors (Lipinski definition) is 0. The fraction of sp³-hybridized carbons (Fsp3) is 0.571. The molecule has 3 nitrogen and oxygen atoms in total. The van der Waals surface area contributed by atoms with Gasteiger partial charge in [0.05, 0.1) is 5.69 Å². The highest BCUT2D eigenvalue weighted by atomic mass is 32.1. The summed E-state index contributed by atoms with van der Waals surface area (Å²) in [7, 11) is 0. The van der Waals surface area contributed by atoms with E-state index in [1.165, 1.54) is 11.5 Å². The van der Waals surface area contributed by atoms with Gasteiger partial charge < -0.3 is 0 Å². The van der Waals surface area contributed by atoms with Gasteiger partial charge >= 0.3 is 0 Å². The molecule has 0 spiro atoms. The predicted molar refractivity (Wildman–Crippen MR) is 43.9 cm³/mol. The minimum absolute atomic E-state index is 0.679. The number of nitrogens with zero attached hydrogens (tertiary/aromatic N) is 2. The molecule has 0 aliphatic rings. The molecule has 0 saturated heterocycles. The van der Waals surface area contributed by atoms with E-state index in [0.29, 0.717) is 4.88 Å². The quantitative estimate of drug-likeness (QED) is 0.646. The maximum absolute atomic E-state index is 10.4. The number of carbonyl (C=O) groups excluding carboxylic acids is 1. The van der Waals surface area contributed by atoms with Gasteiger partial charge in [-0.15, -0.1) is 5.10 Å². The van der Waals surface area contributed by atoms with Gasteiger partial charge in [-0.3, -0.25) is 4.79 Å². The third kappa shape index (κ3) is 2.08. The van der Waals surface area contributed by atoms with Crippen LogP contribution in [-0.4, -0.2) is 15.9 Å². The molecular formula is C7H10N2OS. The number of hydrogen-bond acceptors (Lipinski definition) is 4. The molecule has 11 heavy (non-hydrogen) atoms. The molecule has 0 bridgehead atoms. The zero-order valence-corrected chi connectivity index (χ0v) is 7.23. The Morgan fingerprint density at radius 3 is 3.09 bits per heavy atom. The summed E-state index contributed by atoms with van der Waals surface area (Å²) in [5.41, 5.74) is 0.854. The van der Waals surface area contributed by atoms with Crippen molar-refractivity contribution in [3.8, 4) is 0 Å². The maximum Gasteiger partial charge on any atom is 0.163 e. The molecule has 1 heterocycles. The monoisotopic (exact) mass is 170 g/mol. The van der Waals surface area contributed by atoms with E-state index < -0.39 is 0 Å². The standard InChI is InChI=1S/C7H10N2OS/c1-2-3-4-6-7(5-10)11-9-8-6/h5H,2-4H2,1H3. The summed E-state index contributed by atoms with van der Waals surface area (Å²) in [6, 6.07) is 0. The highest BCUT2D eigenvalue weighted by molar-refractivity contribution is 7.07. The van der Waals surface area contributed by atoms with Crippen LogP contribution in [0, 0.1) is 0 Å². The van der Waals surface area contributed by atoms with Gasteiger partial charge in [-0.1, -0.05) is 17.8 Å². The highest BCUT2D eigenvalue weighted by Crippen LogP contribution is 2.09. The Bertz CT molecular complexity index is 234. The van der Waals surface area contributed by atoms with E-state index in [4.69, 9.17) is 0 Å². The lowest BCUT2D eigenvalue weighted by molar-refractivity contribution is 0.112. The Balaban J connectivity index is 2.61. The summed E-state index contributed by atoms with van der Waals surface area (Å²) in [6.07, 6.45) is 3.90. The molecule has 60 valence electrons. The van der Waals surface area contributed by atoms with Crippen molar-refractivity contribution in [1.29, 1.82) is 0 Å². The van der Waals surface area contributed by atoms with Crippen molar-refractivity contribution in [2.45, 2.75) is 26.2 Å². The minimum Gasteiger partial charge on any atom is -0.297 e. The second kappa shape index (κ2) is 4.18. The van der Waals surface area contributed by atoms with Gasteiger partial charge in [0.25, 0.3) is 0 Å². The minimum atomic E-state index is 0.679. The van der Waals surface area contributed by atoms with Crippen molar-refractivity contribution in [2.75, 3.05) is 0 Å². The molecular weight excluding hydrogens is 160 g/mol. The third-order valence-corrected chi connectivity index (χ3v) is 2.15. The molecule has 0 amide bonds. The van der Waals surface area contributed by atoms with E-state index in [-0.39, 0.29) is 0 Å². The first-order valence-corrected chi connectivity index (χ1v) is 4.42. The lowest BCUT2D eigenvalue weighted by Crippen LogP contribution is -1.89. The van der Waals surface area contributed by atoms with Crippen molar-refractivity contribution < 1.29 is 4.79 Å². The van der Waals surface area contributed by atoms with Gasteiger partial charge in [-0.25, -0.2) is 0 Å². The molecule has 0 radical (unpaired) electrons. The van der Waals surface area contributed by atoms with Crippen LogP contribution in [0.1, 0.15) is 35.1 Å². The summed E-state index contributed by atoms with van der Waals surface area (Å²) in [5.74, 6) is 0. The van der Waals surface area contributed by atoms with Crippen LogP contribution in [0.5, 0.6) is 0 Å². The van der Waals surface area contributed by atoms with E-state index in [9.17, 15) is 4.79 Å². The zero-order valence-electron chi connectivity index (χ0n) is 6.41. The van der Waals surface area contributed by atoms with Crippen LogP contribution in [0.2, 0.25) is 0 Å². The van der Waals surface area contributed by atoms with Crippen LogP contribution in [0.25, 0.3) is 0 Å². The molecule has 0 N–H and O–H groups in total. The Morgan fingerprint density at radius 1 is 1.64 bits per heavy atom. The largest absolute Gasteiger partial charge is 0.297 e. The van der Waals surface area contributed by atoms with Gasteiger partial charge in [0.2, 0.25) is 0 Å². The van der Waals surface area contributed by atoms with Crippen molar-refractivity contribution in [3.05, 3.63) is 10.6 Å². The summed E-state index contributed by atoms with van der Waals surface area (Å²) >= 11 is 1.17. The van der Waals surface area contributed by atoms with Crippen molar-refractivity contribution in [1.82, 2.24) is 9.59 Å². The normalized spacial score (nSPS) is 9.91. The van der Waals surface area contributed by atoms with Gasteiger partial charge in [-0.05, 0) is 24.4 Å². The predicted octanol–water partition coefficient (Wildman–Crippen LogP) is 1.69. The van der Waals surface area contributed by atoms with Crippen LogP contribution >= 0.6 is 11.5 Å². The lowest BCUT2D eigenvalue weighted by atomic mass is 10.2. The van der Waals surface area contributed by atoms with Crippen LogP contribution < -0.4 is 0 Å². The van der Waals surface area contributed by atoms with Crippen LogP contribution in [0.3, 0.4) is 0 Å². The second-order valence-corrected chi connectivity index (χ2v) is 3.09. The molecule has 0 fully saturated rings. The summed E-state index contributed by atoms with van der Waals surface area (Å²) in [4.78, 5) is 11.1. The third-order valence-electron chi connectivity index (χ3n) is 1.46. The molecule has 1 aromatic heterocycles. The van der Waals surface area contributed by atoms with Gasteiger partial charge in [-0.2, -0.15) is 0 Å². The smallest absolute Gasteiger partial charge is 0.163 e. The molecule has 0 aromatic carbocycles. The number of aromatic nitrogens is 2. The fourth-order valence-electron chi connectivity index (χ4n) is 0.823. The summed E-state index contributed by atoms with van der Waals surface area (Å²) < 4.78 is 3.71. The first-order chi connectivity index (χ1) is 5.38. The molecule has 0 atom stereocenters. The SMILES string of the molecule is CCCCc1nnsc1C=O. The van der Waals surface area contributed by atoms with Crippen molar-refractivity contribution in [3.63, 3.8) is 0 Å². The van der Waals surface area contributed by atoms with Crippen LogP contribution in [0.15, 0.2) is 0 Å². The van der Waals surface area contributed by atoms with Crippen molar-refractivity contribution >= 4 is 17.8 Å². The first-order valence-electron chi connectivity index (χ1n) is 3.65. The first kappa shape index (κ1) is 8.33. The van der Waals surface area contributed by atoms with Gasteiger partial charge in [0.1, 0.15) is 4.88 Å². The van der Waals surface area contributed by atoms with E-state index in [1.54, 1.807) is 0 Å². The Hall–Kier alpha value is -0.770. The average molecular weight is 170 g/mol. The Labute approximate surface area is 69.6 Å². The molecule has 0 aliphatic heterocycles. The number of rotatable bonds is 4. The van der Waals surface area contributed by atoms with Gasteiger partial charge in [0.15, 0.2) is 6.29 Å². The van der Waals surface area contributed by atoms with E-state index in [0.717, 1.165) is 31.2 Å². The van der Waals surface area contributed by atoms with E-state index >= 15 is 0 Å². The maximum atomic E-state index is 10.4. The molecule has 4 heteroatoms. The summed E-state index contributed by atoms with van der Waals surface area (Å²) in [6.45, 7) is 2.11. The number of carbonyl (C=O) groups is 1. The van der Waals surface area contributed by atoms with Crippen LogP contribution in [-0.2, 0) is 6.42 Å². The highest BCUT2D eigenvalue weighted by Gasteiger charge is 2.04. The fourth-order valence-corrected chi connectivity index (χ4v) is 1.34. The molecule has 0 aliphatic carbocycles. The van der Waals surface area contributed by atoms with Gasteiger partial charge in [0, 0.05) is 0 Å². The number of unbranched alkanes of at least 4 members (excludes halogenated alkanes) is 1. The summed E-state index contributed by atoms with van der Waals surface area (Å²) in [5, 5.41) is 3.86. The zero-order chi connectivity index (χ0) is 8.10. The van der Waals surface area contributed by atoms with E-state index in [2.05, 4.69) is 16.5 Å². The molecule has 0 saturated carbocycles. The Kier molecular flexibility index (Phi) is 3.16. The number of aldehydes is 1. The molecule has 0 unspecified atom stereocenters. The molecule has 1 rings (SSSR count). The average Bonchev–Trinajstić information content (AvgIpc) is 2.47.